The van der Waals surface area contributed by atoms with Crippen LogP contribution in [0.25, 0.3) is 0 Å². The van der Waals surface area contributed by atoms with E-state index in [9.17, 15) is 4.79 Å². The molecule has 8 heteroatoms. The maximum absolute atomic E-state index is 12.4. The van der Waals surface area contributed by atoms with Crippen molar-refractivity contribution in [3.8, 4) is 11.6 Å². The molecule has 2 heterocycles. The van der Waals surface area contributed by atoms with Crippen molar-refractivity contribution in [1.82, 2.24) is 20.2 Å². The second-order valence-corrected chi connectivity index (χ2v) is 9.01. The van der Waals surface area contributed by atoms with Crippen molar-refractivity contribution in [2.75, 3.05) is 26.2 Å². The Morgan fingerprint density at radius 3 is 2.47 bits per heavy atom. The Kier molecular flexibility index (Phi) is 7.98. The SMILES string of the molecule is O=C(NCCN1CCCCC1)c1ccc(Oc2nccnc2Sc2ccc(Cl)cc2)cc1. The van der Waals surface area contributed by atoms with Gasteiger partial charge in [-0.2, -0.15) is 0 Å². The van der Waals surface area contributed by atoms with E-state index in [1.165, 1.54) is 31.0 Å². The molecule has 0 radical (unpaired) electrons. The van der Waals surface area contributed by atoms with Gasteiger partial charge in [-0.25, -0.2) is 9.97 Å². The minimum atomic E-state index is -0.0768. The van der Waals surface area contributed by atoms with Crippen molar-refractivity contribution >= 4 is 29.3 Å². The van der Waals surface area contributed by atoms with E-state index in [0.717, 1.165) is 24.5 Å². The van der Waals surface area contributed by atoms with Crippen LogP contribution in [0, 0.1) is 0 Å². The number of halogens is 1. The smallest absolute Gasteiger partial charge is 0.252 e. The van der Waals surface area contributed by atoms with Crippen molar-refractivity contribution in [2.45, 2.75) is 29.2 Å². The lowest BCUT2D eigenvalue weighted by Crippen LogP contribution is -2.37. The van der Waals surface area contributed by atoms with Crippen LogP contribution in [0.1, 0.15) is 29.6 Å². The zero-order valence-electron chi connectivity index (χ0n) is 17.7. The second kappa shape index (κ2) is 11.3. The highest BCUT2D eigenvalue weighted by Gasteiger charge is 2.12. The number of likely N-dealkylation sites (tertiary alicyclic amines) is 1. The number of piperidine rings is 1. The molecule has 3 aromatic rings. The van der Waals surface area contributed by atoms with E-state index < -0.39 is 0 Å². The van der Waals surface area contributed by atoms with Crippen molar-refractivity contribution in [3.05, 3.63) is 71.5 Å². The second-order valence-electron chi connectivity index (χ2n) is 7.51. The summed E-state index contributed by atoms with van der Waals surface area (Å²) >= 11 is 7.40. The summed E-state index contributed by atoms with van der Waals surface area (Å²) in [5.41, 5.74) is 0.603. The molecule has 1 aromatic heterocycles. The Labute approximate surface area is 197 Å². The summed E-state index contributed by atoms with van der Waals surface area (Å²) in [6.07, 6.45) is 7.03. The number of carbonyl (C=O) groups is 1. The molecule has 4 rings (SSSR count). The maximum Gasteiger partial charge on any atom is 0.252 e. The van der Waals surface area contributed by atoms with E-state index in [2.05, 4.69) is 20.2 Å². The first-order valence-corrected chi connectivity index (χ1v) is 11.9. The van der Waals surface area contributed by atoms with Crippen LogP contribution in [0.4, 0.5) is 0 Å². The van der Waals surface area contributed by atoms with Crippen molar-refractivity contribution in [3.63, 3.8) is 0 Å². The van der Waals surface area contributed by atoms with E-state index in [4.69, 9.17) is 16.3 Å². The van der Waals surface area contributed by atoms with Crippen LogP contribution in [0.3, 0.4) is 0 Å². The fourth-order valence-electron chi connectivity index (χ4n) is 3.47. The third-order valence-electron chi connectivity index (χ3n) is 5.15. The van der Waals surface area contributed by atoms with Crippen LogP contribution >= 0.6 is 23.4 Å². The molecule has 0 spiro atoms. The summed E-state index contributed by atoms with van der Waals surface area (Å²) < 4.78 is 5.94. The number of hydrogen-bond acceptors (Lipinski definition) is 6. The summed E-state index contributed by atoms with van der Waals surface area (Å²) in [4.78, 5) is 24.5. The van der Waals surface area contributed by atoms with E-state index in [1.807, 2.05) is 24.3 Å². The number of nitrogens with zero attached hydrogens (tertiary/aromatic N) is 3. The molecule has 6 nitrogen and oxygen atoms in total. The van der Waals surface area contributed by atoms with Crippen molar-refractivity contribution in [1.29, 1.82) is 0 Å². The average molecular weight is 469 g/mol. The zero-order valence-corrected chi connectivity index (χ0v) is 19.2. The number of rotatable bonds is 8. The molecular formula is C24H25ClN4O2S. The molecule has 1 amide bonds. The third kappa shape index (κ3) is 6.45. The van der Waals surface area contributed by atoms with Crippen LogP contribution in [0.2, 0.25) is 5.02 Å². The minimum absolute atomic E-state index is 0.0768. The highest BCUT2D eigenvalue weighted by atomic mass is 35.5. The fourth-order valence-corrected chi connectivity index (χ4v) is 4.38. The van der Waals surface area contributed by atoms with Gasteiger partial charge in [0.1, 0.15) is 5.75 Å². The molecule has 0 atom stereocenters. The quantitative estimate of drug-likeness (QED) is 0.484. The normalized spacial score (nSPS) is 14.2. The van der Waals surface area contributed by atoms with Gasteiger partial charge in [0, 0.05) is 41.0 Å². The molecule has 1 fully saturated rings. The predicted octanol–water partition coefficient (Wildman–Crippen LogP) is 5.29. The van der Waals surface area contributed by atoms with Gasteiger partial charge in [0.15, 0.2) is 5.03 Å². The Hall–Kier alpha value is -2.61. The van der Waals surface area contributed by atoms with Gasteiger partial charge in [-0.05, 0) is 74.5 Å². The van der Waals surface area contributed by atoms with Crippen LogP contribution in [-0.4, -0.2) is 47.0 Å². The van der Waals surface area contributed by atoms with Crippen LogP contribution in [-0.2, 0) is 0 Å². The molecule has 1 aliphatic rings. The number of aromatic nitrogens is 2. The first kappa shape index (κ1) is 22.6. The van der Waals surface area contributed by atoms with E-state index >= 15 is 0 Å². The Balaban J connectivity index is 1.33. The lowest BCUT2D eigenvalue weighted by atomic mass is 10.1. The molecule has 1 N–H and O–H groups in total. The summed E-state index contributed by atoms with van der Waals surface area (Å²) in [6.45, 7) is 3.81. The molecule has 166 valence electrons. The Bertz CT molecular complexity index is 1020. The van der Waals surface area contributed by atoms with Gasteiger partial charge in [-0.3, -0.25) is 4.79 Å². The third-order valence-corrected chi connectivity index (χ3v) is 6.39. The van der Waals surface area contributed by atoms with Crippen LogP contribution < -0.4 is 10.1 Å². The molecule has 0 unspecified atom stereocenters. The molecular weight excluding hydrogens is 444 g/mol. The van der Waals surface area contributed by atoms with E-state index in [0.29, 0.717) is 33.8 Å². The lowest BCUT2D eigenvalue weighted by molar-refractivity contribution is 0.0946. The zero-order chi connectivity index (χ0) is 22.2. The molecule has 0 aliphatic carbocycles. The van der Waals surface area contributed by atoms with E-state index in [-0.39, 0.29) is 5.91 Å². The molecule has 1 aliphatic heterocycles. The number of benzene rings is 2. The first-order valence-electron chi connectivity index (χ1n) is 10.7. The Morgan fingerprint density at radius 2 is 1.72 bits per heavy atom. The van der Waals surface area contributed by atoms with Gasteiger partial charge < -0.3 is 15.0 Å². The number of ether oxygens (including phenoxy) is 1. The molecule has 32 heavy (non-hydrogen) atoms. The van der Waals surface area contributed by atoms with Gasteiger partial charge in [-0.15, -0.1) is 0 Å². The highest BCUT2D eigenvalue weighted by Crippen LogP contribution is 2.34. The number of carbonyl (C=O) groups excluding carboxylic acids is 1. The van der Waals surface area contributed by atoms with Gasteiger partial charge in [-0.1, -0.05) is 29.8 Å². The molecule has 2 aromatic carbocycles. The number of nitrogens with one attached hydrogen (secondary N) is 1. The number of hydrogen-bond donors (Lipinski definition) is 1. The molecule has 0 bridgehead atoms. The van der Waals surface area contributed by atoms with Gasteiger partial charge in [0.2, 0.25) is 0 Å². The molecule has 0 saturated carbocycles. The number of amides is 1. The Morgan fingerprint density at radius 1 is 1.00 bits per heavy atom. The predicted molar refractivity (Wildman–Crippen MR) is 127 cm³/mol. The van der Waals surface area contributed by atoms with Crippen LogP contribution in [0.15, 0.2) is 70.8 Å². The van der Waals surface area contributed by atoms with Crippen LogP contribution in [0.5, 0.6) is 11.6 Å². The lowest BCUT2D eigenvalue weighted by Gasteiger charge is -2.26. The molecule has 1 saturated heterocycles. The van der Waals surface area contributed by atoms with E-state index in [1.54, 1.807) is 36.7 Å². The topological polar surface area (TPSA) is 67.4 Å². The fraction of sp³-hybridized carbons (Fsp3) is 0.292. The first-order chi connectivity index (χ1) is 15.7. The standard InChI is InChI=1S/C24H25ClN4O2S/c25-19-6-10-21(11-7-19)32-24-23(27-12-13-28-24)31-20-8-4-18(5-9-20)22(30)26-14-17-29-15-2-1-3-16-29/h4-13H,1-3,14-17H2,(H,26,30). The van der Waals surface area contributed by atoms with Gasteiger partial charge in [0.05, 0.1) is 0 Å². The largest absolute Gasteiger partial charge is 0.437 e. The summed E-state index contributed by atoms with van der Waals surface area (Å²) in [6, 6.07) is 14.6. The summed E-state index contributed by atoms with van der Waals surface area (Å²) in [7, 11) is 0. The minimum Gasteiger partial charge on any atom is -0.437 e. The van der Waals surface area contributed by atoms with Crippen molar-refractivity contribution < 1.29 is 9.53 Å². The summed E-state index contributed by atoms with van der Waals surface area (Å²) in [5, 5.41) is 4.33. The highest BCUT2D eigenvalue weighted by molar-refractivity contribution is 7.99. The van der Waals surface area contributed by atoms with Gasteiger partial charge >= 0.3 is 0 Å². The van der Waals surface area contributed by atoms with Crippen molar-refractivity contribution in [2.24, 2.45) is 0 Å². The summed E-state index contributed by atoms with van der Waals surface area (Å²) in [5.74, 6) is 0.923. The monoisotopic (exact) mass is 468 g/mol. The van der Waals surface area contributed by atoms with Gasteiger partial charge in [0.25, 0.3) is 11.8 Å². The average Bonchev–Trinajstić information content (AvgIpc) is 2.83. The maximum atomic E-state index is 12.4.